The van der Waals surface area contributed by atoms with Gasteiger partial charge in [0.15, 0.2) is 0 Å². The van der Waals surface area contributed by atoms with E-state index in [-0.39, 0.29) is 0 Å². The zero-order valence-corrected chi connectivity index (χ0v) is 11.8. The van der Waals surface area contributed by atoms with Crippen molar-refractivity contribution in [1.29, 1.82) is 0 Å². The molecule has 0 saturated carbocycles. The molecule has 1 fully saturated rings. The molecule has 2 atom stereocenters. The largest absolute Gasteiger partial charge is 0.410 e. The van der Waals surface area contributed by atoms with Gasteiger partial charge in [-0.25, -0.2) is 0 Å². The second-order valence-corrected chi connectivity index (χ2v) is 9.04. The van der Waals surface area contributed by atoms with Crippen molar-refractivity contribution in [2.24, 2.45) is 0 Å². The summed E-state index contributed by atoms with van der Waals surface area (Å²) in [6.45, 7) is 9.04. The molecule has 0 aliphatic carbocycles. The van der Waals surface area contributed by atoms with Gasteiger partial charge in [0.1, 0.15) is 0 Å². The van der Waals surface area contributed by atoms with Crippen molar-refractivity contribution < 1.29 is 4.43 Å². The normalized spacial score (nSPS) is 30.4. The smallest absolute Gasteiger partial charge is 0.221 e. The Kier molecular flexibility index (Phi) is 3.22. The number of benzene rings is 1. The van der Waals surface area contributed by atoms with E-state index in [0.717, 1.165) is 0 Å². The zero-order chi connectivity index (χ0) is 11.8. The Labute approximate surface area is 100.0 Å². The maximum Gasteiger partial charge on any atom is 0.221 e. The fraction of sp³-hybridized carbons (Fsp3) is 0.571. The van der Waals surface area contributed by atoms with Crippen LogP contribution in [0.25, 0.3) is 0 Å². The first-order valence-corrected chi connectivity index (χ1v) is 8.89. The second-order valence-electron chi connectivity index (χ2n) is 5.30. The highest BCUT2D eigenvalue weighted by Gasteiger charge is 2.37. The molecule has 1 aliphatic heterocycles. The van der Waals surface area contributed by atoms with Crippen molar-refractivity contribution in [3.05, 3.63) is 29.3 Å². The zero-order valence-electron chi connectivity index (χ0n) is 10.8. The van der Waals surface area contributed by atoms with Crippen LogP contribution in [0.2, 0.25) is 12.6 Å². The highest BCUT2D eigenvalue weighted by atomic mass is 28.4. The molecule has 0 aromatic heterocycles. The third-order valence-electron chi connectivity index (χ3n) is 3.90. The van der Waals surface area contributed by atoms with Gasteiger partial charge in [-0.2, -0.15) is 0 Å². The van der Waals surface area contributed by atoms with E-state index in [1.54, 1.807) is 0 Å². The van der Waals surface area contributed by atoms with Crippen molar-refractivity contribution in [2.75, 3.05) is 0 Å². The first kappa shape index (κ1) is 11.9. The third kappa shape index (κ3) is 2.09. The van der Waals surface area contributed by atoms with Crippen molar-refractivity contribution >= 4 is 13.5 Å². The van der Waals surface area contributed by atoms with Gasteiger partial charge in [0.2, 0.25) is 8.32 Å². The predicted molar refractivity (Wildman–Crippen MR) is 71.8 cm³/mol. The molecule has 1 nitrogen and oxygen atoms in total. The van der Waals surface area contributed by atoms with Gasteiger partial charge in [0.05, 0.1) is 0 Å². The fourth-order valence-electron chi connectivity index (χ4n) is 2.81. The lowest BCUT2D eigenvalue weighted by Gasteiger charge is -2.37. The lowest BCUT2D eigenvalue weighted by Crippen LogP contribution is -2.53. The molecular weight excluding hydrogens is 212 g/mol. The number of hydrogen-bond acceptors (Lipinski definition) is 1. The predicted octanol–water partition coefficient (Wildman–Crippen LogP) is 3.28. The van der Waals surface area contributed by atoms with Crippen LogP contribution in [0.15, 0.2) is 18.2 Å². The van der Waals surface area contributed by atoms with Crippen LogP contribution >= 0.6 is 0 Å². The topological polar surface area (TPSA) is 9.23 Å². The molecule has 0 radical (unpaired) electrons. The summed E-state index contributed by atoms with van der Waals surface area (Å²) in [5.74, 6) is 0. The summed E-state index contributed by atoms with van der Waals surface area (Å²) in [5, 5.41) is 1.51. The standard InChI is InChI=1S/C14H22OSi/c1-11-7-5-9-14(13(11)3)16(4)10-6-8-12(2)15-16/h5,7,9,12H,6,8,10H2,1-4H3. The first-order chi connectivity index (χ1) is 7.53. The molecule has 0 amide bonds. The van der Waals surface area contributed by atoms with E-state index in [1.165, 1.54) is 35.2 Å². The van der Waals surface area contributed by atoms with Gasteiger partial charge < -0.3 is 4.43 Å². The first-order valence-electron chi connectivity index (χ1n) is 6.27. The molecule has 88 valence electrons. The van der Waals surface area contributed by atoms with Gasteiger partial charge in [-0.1, -0.05) is 24.6 Å². The van der Waals surface area contributed by atoms with Crippen LogP contribution in [0.1, 0.15) is 30.9 Å². The third-order valence-corrected chi connectivity index (χ3v) is 7.81. The summed E-state index contributed by atoms with van der Waals surface area (Å²) in [4.78, 5) is 0. The average molecular weight is 234 g/mol. The Morgan fingerprint density at radius 1 is 1.31 bits per heavy atom. The van der Waals surface area contributed by atoms with Crippen LogP contribution in [0.5, 0.6) is 0 Å². The maximum atomic E-state index is 6.33. The van der Waals surface area contributed by atoms with Gasteiger partial charge >= 0.3 is 0 Å². The Hall–Kier alpha value is -0.603. The molecule has 0 spiro atoms. The molecule has 2 heteroatoms. The van der Waals surface area contributed by atoms with E-state index in [1.807, 2.05) is 0 Å². The fourth-order valence-corrected chi connectivity index (χ4v) is 6.65. The van der Waals surface area contributed by atoms with Crippen LogP contribution in [0.3, 0.4) is 0 Å². The van der Waals surface area contributed by atoms with Crippen molar-refractivity contribution in [1.82, 2.24) is 0 Å². The van der Waals surface area contributed by atoms with Crippen LogP contribution < -0.4 is 5.19 Å². The molecule has 2 unspecified atom stereocenters. The molecule has 0 bridgehead atoms. The Balaban J connectivity index is 2.38. The minimum absolute atomic E-state index is 0.449. The number of rotatable bonds is 1. The highest BCUT2D eigenvalue weighted by Crippen LogP contribution is 2.27. The van der Waals surface area contributed by atoms with Crippen LogP contribution in [-0.4, -0.2) is 14.4 Å². The Bertz CT molecular complexity index is 388. The van der Waals surface area contributed by atoms with Crippen molar-refractivity contribution in [2.45, 2.75) is 52.3 Å². The SMILES string of the molecule is Cc1cccc([Si]2(C)CCCC(C)O2)c1C. The monoisotopic (exact) mass is 234 g/mol. The molecule has 2 rings (SSSR count). The van der Waals surface area contributed by atoms with Crippen LogP contribution in [0, 0.1) is 13.8 Å². The summed E-state index contributed by atoms with van der Waals surface area (Å²) in [6.07, 6.45) is 3.01. The minimum Gasteiger partial charge on any atom is -0.410 e. The highest BCUT2D eigenvalue weighted by molar-refractivity contribution is 6.86. The molecule has 0 N–H and O–H groups in total. The molecule has 16 heavy (non-hydrogen) atoms. The van der Waals surface area contributed by atoms with Crippen molar-refractivity contribution in [3.8, 4) is 0 Å². The molecule has 1 heterocycles. The quantitative estimate of drug-likeness (QED) is 0.678. The molecule has 1 aromatic rings. The lowest BCUT2D eigenvalue weighted by molar-refractivity contribution is 0.183. The Morgan fingerprint density at radius 3 is 2.75 bits per heavy atom. The van der Waals surface area contributed by atoms with E-state index < -0.39 is 8.32 Å². The second kappa shape index (κ2) is 4.34. The minimum atomic E-state index is -1.65. The summed E-state index contributed by atoms with van der Waals surface area (Å²) < 4.78 is 6.33. The van der Waals surface area contributed by atoms with Crippen LogP contribution in [0.4, 0.5) is 0 Å². The van der Waals surface area contributed by atoms with Crippen molar-refractivity contribution in [3.63, 3.8) is 0 Å². The van der Waals surface area contributed by atoms with Gasteiger partial charge in [-0.15, -0.1) is 0 Å². The molecular formula is C14H22OSi. The van der Waals surface area contributed by atoms with E-state index in [9.17, 15) is 0 Å². The summed E-state index contributed by atoms with van der Waals surface area (Å²) in [5.41, 5.74) is 2.85. The van der Waals surface area contributed by atoms with E-state index in [4.69, 9.17) is 4.43 Å². The molecule has 1 saturated heterocycles. The molecule has 1 aliphatic rings. The average Bonchev–Trinajstić information content (AvgIpc) is 2.21. The summed E-state index contributed by atoms with van der Waals surface area (Å²) in [7, 11) is -1.65. The van der Waals surface area contributed by atoms with E-state index in [0.29, 0.717) is 6.10 Å². The lowest BCUT2D eigenvalue weighted by atomic mass is 10.1. The number of aryl methyl sites for hydroxylation is 1. The maximum absolute atomic E-state index is 6.33. The molecule has 1 aromatic carbocycles. The van der Waals surface area contributed by atoms with Gasteiger partial charge in [0.25, 0.3) is 0 Å². The van der Waals surface area contributed by atoms with Gasteiger partial charge in [-0.05, 0) is 56.1 Å². The van der Waals surface area contributed by atoms with Crippen LogP contribution in [-0.2, 0) is 4.43 Å². The van der Waals surface area contributed by atoms with Gasteiger partial charge in [-0.3, -0.25) is 0 Å². The van der Waals surface area contributed by atoms with E-state index in [2.05, 4.69) is 45.5 Å². The van der Waals surface area contributed by atoms with Gasteiger partial charge in [0, 0.05) is 6.10 Å². The Morgan fingerprint density at radius 2 is 2.06 bits per heavy atom. The van der Waals surface area contributed by atoms with E-state index >= 15 is 0 Å². The summed E-state index contributed by atoms with van der Waals surface area (Å²) >= 11 is 0. The summed E-state index contributed by atoms with van der Waals surface area (Å²) in [6, 6.07) is 7.94. The number of hydrogen-bond donors (Lipinski definition) is 0.